The number of aliphatic hydroxyl groups is 1. The van der Waals surface area contributed by atoms with Crippen LogP contribution in [0.4, 0.5) is 8.78 Å². The van der Waals surface area contributed by atoms with Gasteiger partial charge in [-0.1, -0.05) is 6.92 Å². The fourth-order valence-electron chi connectivity index (χ4n) is 1.68. The number of halogens is 2. The van der Waals surface area contributed by atoms with Crippen molar-refractivity contribution in [1.29, 1.82) is 0 Å². The van der Waals surface area contributed by atoms with Gasteiger partial charge in [0.05, 0.1) is 5.60 Å². The summed E-state index contributed by atoms with van der Waals surface area (Å²) in [6.07, 6.45) is 1.34. The highest BCUT2D eigenvalue weighted by atomic mass is 19.1. The van der Waals surface area contributed by atoms with E-state index in [-0.39, 0.29) is 5.56 Å². The zero-order valence-electron chi connectivity index (χ0n) is 10.3. The average Bonchev–Trinajstić information content (AvgIpc) is 2.28. The second-order valence-electron chi connectivity index (χ2n) is 4.40. The molecule has 0 bridgehead atoms. The molecule has 2 N–H and O–H groups in total. The molecule has 0 radical (unpaired) electrons. The number of rotatable bonds is 6. The Labute approximate surface area is 101 Å². The highest BCUT2D eigenvalue weighted by Crippen LogP contribution is 2.27. The minimum absolute atomic E-state index is 0.01000. The Bertz CT molecular complexity index is 366. The molecule has 1 rings (SSSR count). The van der Waals surface area contributed by atoms with E-state index < -0.39 is 17.2 Å². The Morgan fingerprint density at radius 3 is 2.65 bits per heavy atom. The number of hydrogen-bond donors (Lipinski definition) is 2. The lowest BCUT2D eigenvalue weighted by molar-refractivity contribution is 0.0440. The summed E-state index contributed by atoms with van der Waals surface area (Å²) in [7, 11) is 0. The zero-order chi connectivity index (χ0) is 12.9. The van der Waals surface area contributed by atoms with Crippen LogP contribution in [0.2, 0.25) is 0 Å². The molecular formula is C13H19F2NO. The summed E-state index contributed by atoms with van der Waals surface area (Å²) in [5.41, 5.74) is -1.34. The topological polar surface area (TPSA) is 32.3 Å². The largest absolute Gasteiger partial charge is 0.385 e. The van der Waals surface area contributed by atoms with Crippen LogP contribution in [0.1, 0.15) is 32.3 Å². The van der Waals surface area contributed by atoms with E-state index in [2.05, 4.69) is 5.32 Å². The SMILES string of the molecule is CCCNCCC(C)(O)c1cc(F)ccc1F. The van der Waals surface area contributed by atoms with E-state index in [1.165, 1.54) is 6.92 Å². The van der Waals surface area contributed by atoms with Crippen molar-refractivity contribution in [3.8, 4) is 0 Å². The van der Waals surface area contributed by atoms with Crippen LogP contribution in [0.15, 0.2) is 18.2 Å². The molecule has 0 heterocycles. The van der Waals surface area contributed by atoms with Gasteiger partial charge >= 0.3 is 0 Å². The van der Waals surface area contributed by atoms with Gasteiger partial charge in [0.25, 0.3) is 0 Å². The van der Waals surface area contributed by atoms with Crippen molar-refractivity contribution in [1.82, 2.24) is 5.32 Å². The standard InChI is InChI=1S/C13H19F2NO/c1-3-7-16-8-6-13(2,17)11-9-10(14)4-5-12(11)15/h4-5,9,16-17H,3,6-8H2,1-2H3. The first kappa shape index (κ1) is 14.1. The summed E-state index contributed by atoms with van der Waals surface area (Å²) in [4.78, 5) is 0. The molecule has 4 heteroatoms. The van der Waals surface area contributed by atoms with Gasteiger partial charge < -0.3 is 10.4 Å². The molecule has 1 atom stereocenters. The average molecular weight is 243 g/mol. The minimum Gasteiger partial charge on any atom is -0.385 e. The van der Waals surface area contributed by atoms with Crippen LogP contribution in [0.25, 0.3) is 0 Å². The smallest absolute Gasteiger partial charge is 0.129 e. The van der Waals surface area contributed by atoms with E-state index in [0.717, 1.165) is 31.2 Å². The highest BCUT2D eigenvalue weighted by molar-refractivity contribution is 5.24. The zero-order valence-corrected chi connectivity index (χ0v) is 10.3. The first-order chi connectivity index (χ1) is 7.97. The van der Waals surface area contributed by atoms with Gasteiger partial charge in [-0.2, -0.15) is 0 Å². The predicted octanol–water partition coefficient (Wildman–Crippen LogP) is 2.56. The maximum absolute atomic E-state index is 13.5. The third kappa shape index (κ3) is 4.06. The summed E-state index contributed by atoms with van der Waals surface area (Å²) >= 11 is 0. The monoisotopic (exact) mass is 243 g/mol. The van der Waals surface area contributed by atoms with E-state index in [0.29, 0.717) is 13.0 Å². The first-order valence-electron chi connectivity index (χ1n) is 5.86. The molecule has 0 aliphatic heterocycles. The Hall–Kier alpha value is -1.00. The highest BCUT2D eigenvalue weighted by Gasteiger charge is 2.26. The van der Waals surface area contributed by atoms with Gasteiger partial charge in [-0.05, 0) is 51.1 Å². The molecule has 0 amide bonds. The molecule has 1 unspecified atom stereocenters. The molecular weight excluding hydrogens is 224 g/mol. The van der Waals surface area contributed by atoms with Crippen molar-refractivity contribution >= 4 is 0 Å². The molecule has 17 heavy (non-hydrogen) atoms. The van der Waals surface area contributed by atoms with Gasteiger partial charge in [-0.25, -0.2) is 8.78 Å². The van der Waals surface area contributed by atoms with Crippen molar-refractivity contribution in [3.05, 3.63) is 35.4 Å². The lowest BCUT2D eigenvalue weighted by atomic mass is 9.92. The first-order valence-corrected chi connectivity index (χ1v) is 5.86. The molecule has 0 fully saturated rings. The van der Waals surface area contributed by atoms with Crippen LogP contribution in [-0.2, 0) is 5.60 Å². The third-order valence-corrected chi connectivity index (χ3v) is 2.72. The Morgan fingerprint density at radius 2 is 2.00 bits per heavy atom. The Balaban J connectivity index is 2.71. The molecule has 0 spiro atoms. The summed E-state index contributed by atoms with van der Waals surface area (Å²) < 4.78 is 26.5. The van der Waals surface area contributed by atoms with E-state index in [9.17, 15) is 13.9 Å². The molecule has 2 nitrogen and oxygen atoms in total. The molecule has 0 aromatic heterocycles. The van der Waals surface area contributed by atoms with Crippen molar-refractivity contribution < 1.29 is 13.9 Å². The molecule has 1 aromatic rings. The second-order valence-corrected chi connectivity index (χ2v) is 4.40. The summed E-state index contributed by atoms with van der Waals surface area (Å²) in [6.45, 7) is 4.95. The molecule has 0 saturated heterocycles. The van der Waals surface area contributed by atoms with E-state index >= 15 is 0 Å². The van der Waals surface area contributed by atoms with Gasteiger partial charge in [0, 0.05) is 5.56 Å². The van der Waals surface area contributed by atoms with Gasteiger partial charge in [0.2, 0.25) is 0 Å². The van der Waals surface area contributed by atoms with Gasteiger partial charge in [0.1, 0.15) is 11.6 Å². The maximum atomic E-state index is 13.5. The number of hydrogen-bond acceptors (Lipinski definition) is 2. The second kappa shape index (κ2) is 6.07. The summed E-state index contributed by atoms with van der Waals surface area (Å²) in [6, 6.07) is 3.14. The maximum Gasteiger partial charge on any atom is 0.129 e. The van der Waals surface area contributed by atoms with E-state index in [1.54, 1.807) is 0 Å². The van der Waals surface area contributed by atoms with Gasteiger partial charge in [0.15, 0.2) is 0 Å². The van der Waals surface area contributed by atoms with Crippen molar-refractivity contribution in [2.45, 2.75) is 32.3 Å². The Morgan fingerprint density at radius 1 is 1.29 bits per heavy atom. The Kier molecular flexibility index (Phi) is 5.02. The molecule has 96 valence electrons. The van der Waals surface area contributed by atoms with E-state index in [1.807, 2.05) is 6.92 Å². The minimum atomic E-state index is -1.35. The van der Waals surface area contributed by atoms with Gasteiger partial charge in [-0.3, -0.25) is 0 Å². The van der Waals surface area contributed by atoms with Crippen molar-refractivity contribution in [3.63, 3.8) is 0 Å². The molecule has 0 aliphatic carbocycles. The quantitative estimate of drug-likeness (QED) is 0.753. The fourth-order valence-corrected chi connectivity index (χ4v) is 1.68. The normalized spacial score (nSPS) is 14.6. The molecule has 0 aliphatic rings. The summed E-state index contributed by atoms with van der Waals surface area (Å²) in [5, 5.41) is 13.3. The van der Waals surface area contributed by atoms with Crippen LogP contribution in [-0.4, -0.2) is 18.2 Å². The third-order valence-electron chi connectivity index (χ3n) is 2.72. The van der Waals surface area contributed by atoms with Crippen LogP contribution in [0, 0.1) is 11.6 Å². The lowest BCUT2D eigenvalue weighted by Crippen LogP contribution is -2.29. The molecule has 0 saturated carbocycles. The van der Waals surface area contributed by atoms with Crippen molar-refractivity contribution in [2.75, 3.05) is 13.1 Å². The number of benzene rings is 1. The van der Waals surface area contributed by atoms with Crippen LogP contribution in [0.3, 0.4) is 0 Å². The lowest BCUT2D eigenvalue weighted by Gasteiger charge is -2.24. The van der Waals surface area contributed by atoms with Crippen molar-refractivity contribution in [2.24, 2.45) is 0 Å². The number of nitrogens with one attached hydrogen (secondary N) is 1. The van der Waals surface area contributed by atoms with E-state index in [4.69, 9.17) is 0 Å². The summed E-state index contributed by atoms with van der Waals surface area (Å²) in [5.74, 6) is -1.12. The molecule has 1 aromatic carbocycles. The van der Waals surface area contributed by atoms with Crippen LogP contribution < -0.4 is 5.32 Å². The predicted molar refractivity (Wildman–Crippen MR) is 63.7 cm³/mol. The van der Waals surface area contributed by atoms with Crippen LogP contribution in [0.5, 0.6) is 0 Å². The fraction of sp³-hybridized carbons (Fsp3) is 0.538. The van der Waals surface area contributed by atoms with Crippen LogP contribution >= 0.6 is 0 Å². The van der Waals surface area contributed by atoms with Gasteiger partial charge in [-0.15, -0.1) is 0 Å².